The molecule has 0 radical (unpaired) electrons. The highest BCUT2D eigenvalue weighted by Crippen LogP contribution is 2.30. The number of sulfonamides is 1. The minimum atomic E-state index is -3.55. The summed E-state index contributed by atoms with van der Waals surface area (Å²) in [6.45, 7) is 1.76. The van der Waals surface area contributed by atoms with Crippen LogP contribution in [0.2, 0.25) is 0 Å². The Hall–Kier alpha value is -1.25. The average molecular weight is 283 g/mol. The van der Waals surface area contributed by atoms with Gasteiger partial charge in [-0.2, -0.15) is 0 Å². The van der Waals surface area contributed by atoms with Crippen LogP contribution in [0.15, 0.2) is 17.3 Å². The number of nitrogens with one attached hydrogen (secondary N) is 1. The van der Waals surface area contributed by atoms with Gasteiger partial charge in [-0.3, -0.25) is 4.90 Å². The third kappa shape index (κ3) is 2.85. The van der Waals surface area contributed by atoms with E-state index >= 15 is 0 Å². The number of rotatable bonds is 4. The van der Waals surface area contributed by atoms with Gasteiger partial charge in [0.2, 0.25) is 16.0 Å². The van der Waals surface area contributed by atoms with Gasteiger partial charge in [-0.15, -0.1) is 0 Å². The van der Waals surface area contributed by atoms with Crippen LogP contribution in [0.5, 0.6) is 0 Å². The van der Waals surface area contributed by atoms with E-state index < -0.39 is 10.0 Å². The SMILES string of the molecule is Nc1ncc(S(=O)(=O)NC2CCN(C3CC3)C2)cn1. The van der Waals surface area contributed by atoms with Crippen LogP contribution < -0.4 is 10.5 Å². The van der Waals surface area contributed by atoms with Crippen LogP contribution in [0.25, 0.3) is 0 Å². The first-order valence-corrected chi connectivity index (χ1v) is 7.87. The fraction of sp³-hybridized carbons (Fsp3) is 0.636. The maximum Gasteiger partial charge on any atom is 0.243 e. The van der Waals surface area contributed by atoms with E-state index in [0.717, 1.165) is 19.5 Å². The smallest absolute Gasteiger partial charge is 0.243 e. The van der Waals surface area contributed by atoms with Crippen molar-refractivity contribution < 1.29 is 8.42 Å². The van der Waals surface area contributed by atoms with Crippen LogP contribution >= 0.6 is 0 Å². The Balaban J connectivity index is 1.66. The molecule has 3 N–H and O–H groups in total. The van der Waals surface area contributed by atoms with Crippen molar-refractivity contribution in [2.24, 2.45) is 0 Å². The molecule has 1 aliphatic heterocycles. The Labute approximate surface area is 112 Å². The van der Waals surface area contributed by atoms with E-state index in [-0.39, 0.29) is 16.9 Å². The van der Waals surface area contributed by atoms with Gasteiger partial charge in [0.1, 0.15) is 4.90 Å². The summed E-state index contributed by atoms with van der Waals surface area (Å²) in [4.78, 5) is 9.84. The van der Waals surface area contributed by atoms with Crippen LogP contribution in [-0.4, -0.2) is 48.5 Å². The minimum absolute atomic E-state index is 0.0249. The number of hydrogen-bond acceptors (Lipinski definition) is 6. The zero-order valence-electron chi connectivity index (χ0n) is 10.5. The maximum absolute atomic E-state index is 12.1. The Bertz CT molecular complexity index is 555. The predicted molar refractivity (Wildman–Crippen MR) is 69.8 cm³/mol. The molecule has 104 valence electrons. The molecule has 8 heteroatoms. The minimum Gasteiger partial charge on any atom is -0.368 e. The molecule has 1 aromatic heterocycles. The monoisotopic (exact) mass is 283 g/mol. The van der Waals surface area contributed by atoms with Gasteiger partial charge in [0, 0.05) is 25.2 Å². The summed E-state index contributed by atoms with van der Waals surface area (Å²) < 4.78 is 27.0. The van der Waals surface area contributed by atoms with Crippen molar-refractivity contribution in [2.75, 3.05) is 18.8 Å². The van der Waals surface area contributed by atoms with Crippen LogP contribution in [0.4, 0.5) is 5.95 Å². The largest absolute Gasteiger partial charge is 0.368 e. The first-order valence-electron chi connectivity index (χ1n) is 6.38. The lowest BCUT2D eigenvalue weighted by Gasteiger charge is -2.15. The highest BCUT2D eigenvalue weighted by atomic mass is 32.2. The summed E-state index contributed by atoms with van der Waals surface area (Å²) >= 11 is 0. The Morgan fingerprint density at radius 2 is 1.95 bits per heavy atom. The average Bonchev–Trinajstić information content (AvgIpc) is 3.11. The first kappa shape index (κ1) is 12.8. The number of likely N-dealkylation sites (tertiary alicyclic amines) is 1. The molecule has 1 saturated heterocycles. The number of nitrogen functional groups attached to an aromatic ring is 1. The van der Waals surface area contributed by atoms with E-state index in [9.17, 15) is 8.42 Å². The molecule has 19 heavy (non-hydrogen) atoms. The van der Waals surface area contributed by atoms with E-state index in [2.05, 4.69) is 19.6 Å². The Kier molecular flexibility index (Phi) is 3.15. The van der Waals surface area contributed by atoms with Gasteiger partial charge in [-0.25, -0.2) is 23.1 Å². The number of nitrogens with two attached hydrogens (primary N) is 1. The molecule has 7 nitrogen and oxygen atoms in total. The van der Waals surface area contributed by atoms with Gasteiger partial charge in [0.15, 0.2) is 0 Å². The molecule has 2 fully saturated rings. The number of anilines is 1. The molecule has 0 amide bonds. The fourth-order valence-electron chi connectivity index (χ4n) is 2.41. The second kappa shape index (κ2) is 4.69. The highest BCUT2D eigenvalue weighted by Gasteiger charge is 2.35. The summed E-state index contributed by atoms with van der Waals surface area (Å²) in [5.41, 5.74) is 5.35. The van der Waals surface area contributed by atoms with Gasteiger partial charge in [-0.05, 0) is 19.3 Å². The molecule has 0 spiro atoms. The van der Waals surface area contributed by atoms with Crippen LogP contribution in [0.3, 0.4) is 0 Å². The quantitative estimate of drug-likeness (QED) is 0.778. The molecular weight excluding hydrogens is 266 g/mol. The van der Waals surface area contributed by atoms with Gasteiger partial charge < -0.3 is 5.73 Å². The standard InChI is InChI=1S/C11H17N5O2S/c12-11-13-5-10(6-14-11)19(17,18)15-8-3-4-16(7-8)9-1-2-9/h5-6,8-9,15H,1-4,7H2,(H2,12,13,14). The second-order valence-corrected chi connectivity index (χ2v) is 6.82. The normalized spacial score (nSPS) is 24.7. The van der Waals surface area contributed by atoms with Crippen molar-refractivity contribution >= 4 is 16.0 Å². The van der Waals surface area contributed by atoms with Crippen molar-refractivity contribution in [2.45, 2.75) is 36.2 Å². The van der Waals surface area contributed by atoms with E-state index in [1.165, 1.54) is 25.2 Å². The fourth-order valence-corrected chi connectivity index (χ4v) is 3.56. The molecule has 1 saturated carbocycles. The lowest BCUT2D eigenvalue weighted by molar-refractivity contribution is 0.322. The summed E-state index contributed by atoms with van der Waals surface area (Å²) in [6, 6.07) is 0.650. The van der Waals surface area contributed by atoms with Crippen molar-refractivity contribution in [3.63, 3.8) is 0 Å². The van der Waals surface area contributed by atoms with Gasteiger partial charge >= 0.3 is 0 Å². The third-order valence-corrected chi connectivity index (χ3v) is 5.04. The maximum atomic E-state index is 12.1. The molecule has 1 aliphatic carbocycles. The van der Waals surface area contributed by atoms with Crippen molar-refractivity contribution in [1.82, 2.24) is 19.6 Å². The number of hydrogen-bond donors (Lipinski definition) is 2. The van der Waals surface area contributed by atoms with E-state index in [1.807, 2.05) is 0 Å². The number of aromatic nitrogens is 2. The van der Waals surface area contributed by atoms with Crippen molar-refractivity contribution in [3.05, 3.63) is 12.4 Å². The van der Waals surface area contributed by atoms with E-state index in [0.29, 0.717) is 6.04 Å². The van der Waals surface area contributed by atoms with Gasteiger partial charge in [0.05, 0.1) is 12.4 Å². The molecule has 3 rings (SSSR count). The van der Waals surface area contributed by atoms with E-state index in [1.54, 1.807) is 0 Å². The van der Waals surface area contributed by atoms with Crippen LogP contribution in [-0.2, 0) is 10.0 Å². The predicted octanol–water partition coefficient (Wildman–Crippen LogP) is -0.426. The number of nitrogens with zero attached hydrogens (tertiary/aromatic N) is 3. The molecule has 2 heterocycles. The van der Waals surface area contributed by atoms with Crippen LogP contribution in [0, 0.1) is 0 Å². The van der Waals surface area contributed by atoms with E-state index in [4.69, 9.17) is 5.73 Å². The Morgan fingerprint density at radius 3 is 2.58 bits per heavy atom. The molecule has 2 aliphatic rings. The molecule has 0 bridgehead atoms. The lowest BCUT2D eigenvalue weighted by Crippen LogP contribution is -2.37. The summed E-state index contributed by atoms with van der Waals surface area (Å²) in [5, 5.41) is 0. The Morgan fingerprint density at radius 1 is 1.26 bits per heavy atom. The summed E-state index contributed by atoms with van der Waals surface area (Å²) in [7, 11) is -3.55. The van der Waals surface area contributed by atoms with Crippen LogP contribution in [0.1, 0.15) is 19.3 Å². The lowest BCUT2D eigenvalue weighted by atomic mass is 10.3. The molecule has 0 aromatic carbocycles. The molecule has 1 unspecified atom stereocenters. The zero-order valence-corrected chi connectivity index (χ0v) is 11.3. The molecule has 1 aromatic rings. The molecular formula is C11H17N5O2S. The van der Waals surface area contributed by atoms with Crippen molar-refractivity contribution in [1.29, 1.82) is 0 Å². The molecule has 1 atom stereocenters. The van der Waals surface area contributed by atoms with Gasteiger partial charge in [-0.1, -0.05) is 0 Å². The highest BCUT2D eigenvalue weighted by molar-refractivity contribution is 7.89. The summed E-state index contributed by atoms with van der Waals surface area (Å²) in [5.74, 6) is 0.0692. The van der Waals surface area contributed by atoms with Gasteiger partial charge in [0.25, 0.3) is 0 Å². The first-order chi connectivity index (χ1) is 9.04. The zero-order chi connectivity index (χ0) is 13.5. The summed E-state index contributed by atoms with van der Waals surface area (Å²) in [6.07, 6.45) is 5.80. The van der Waals surface area contributed by atoms with Crippen molar-refractivity contribution in [3.8, 4) is 0 Å². The topological polar surface area (TPSA) is 101 Å². The second-order valence-electron chi connectivity index (χ2n) is 5.11. The third-order valence-electron chi connectivity index (χ3n) is 3.56.